The second kappa shape index (κ2) is 7.76. The SMILES string of the molecule is CN1C(=O)N(c2ccc(C(C)(C)C#N)cc2)C23CC=C(c4cnc5ccccc5c4)C=C2N=CC=C13. The van der Waals surface area contributed by atoms with Crippen LogP contribution in [0.2, 0.25) is 0 Å². The van der Waals surface area contributed by atoms with Crippen LogP contribution in [0.1, 0.15) is 31.4 Å². The number of rotatable bonds is 3. The number of aromatic nitrogens is 1. The Kier molecular flexibility index (Phi) is 4.74. The molecule has 0 saturated carbocycles. The number of amides is 2. The summed E-state index contributed by atoms with van der Waals surface area (Å²) in [4.78, 5) is 26.6. The normalized spacial score (nSPS) is 20.9. The number of urea groups is 1. The van der Waals surface area contributed by atoms with Crippen LogP contribution < -0.4 is 4.90 Å². The molecule has 176 valence electrons. The summed E-state index contributed by atoms with van der Waals surface area (Å²) in [5.41, 5.74) is 5.11. The number of nitrogens with zero attached hydrogens (tertiary/aromatic N) is 5. The lowest BCUT2D eigenvalue weighted by Gasteiger charge is -2.41. The molecule has 1 saturated heterocycles. The quantitative estimate of drug-likeness (QED) is 0.471. The molecule has 1 aromatic heterocycles. The van der Waals surface area contributed by atoms with Gasteiger partial charge in [-0.05, 0) is 61.4 Å². The number of benzene rings is 2. The van der Waals surface area contributed by atoms with Crippen LogP contribution in [0.5, 0.6) is 0 Å². The average molecular weight is 472 g/mol. The van der Waals surface area contributed by atoms with Crippen molar-refractivity contribution >= 4 is 34.4 Å². The van der Waals surface area contributed by atoms with Gasteiger partial charge in [-0.25, -0.2) is 4.79 Å². The van der Waals surface area contributed by atoms with Gasteiger partial charge < -0.3 is 0 Å². The minimum absolute atomic E-state index is 0.103. The third-order valence-electron chi connectivity index (χ3n) is 7.47. The summed E-state index contributed by atoms with van der Waals surface area (Å²) in [5.74, 6) is 0. The number of anilines is 1. The summed E-state index contributed by atoms with van der Waals surface area (Å²) >= 11 is 0. The summed E-state index contributed by atoms with van der Waals surface area (Å²) in [6.45, 7) is 3.78. The Morgan fingerprint density at radius 1 is 1.11 bits per heavy atom. The topological polar surface area (TPSA) is 72.6 Å². The van der Waals surface area contributed by atoms with Crippen molar-refractivity contribution in [2.75, 3.05) is 11.9 Å². The predicted molar refractivity (Wildman–Crippen MR) is 142 cm³/mol. The fourth-order valence-electron chi connectivity index (χ4n) is 5.37. The van der Waals surface area contributed by atoms with E-state index in [1.54, 1.807) is 11.1 Å². The van der Waals surface area contributed by atoms with Gasteiger partial charge >= 0.3 is 6.03 Å². The number of carbonyl (C=O) groups excluding carboxylic acids is 1. The lowest BCUT2D eigenvalue weighted by atomic mass is 9.79. The largest absolute Gasteiger partial charge is 0.329 e. The molecule has 6 rings (SSSR count). The summed E-state index contributed by atoms with van der Waals surface area (Å²) in [6.07, 6.45) is 10.4. The predicted octanol–water partition coefficient (Wildman–Crippen LogP) is 5.99. The van der Waals surface area contributed by atoms with Crippen molar-refractivity contribution in [3.8, 4) is 6.07 Å². The van der Waals surface area contributed by atoms with E-state index in [2.05, 4.69) is 35.3 Å². The minimum atomic E-state index is -0.722. The van der Waals surface area contributed by atoms with Gasteiger partial charge in [0.15, 0.2) is 0 Å². The first kappa shape index (κ1) is 22.0. The van der Waals surface area contributed by atoms with Gasteiger partial charge in [-0.3, -0.25) is 19.8 Å². The maximum Gasteiger partial charge on any atom is 0.329 e. The Labute approximate surface area is 210 Å². The zero-order valence-corrected chi connectivity index (χ0v) is 20.4. The number of hydrogen-bond donors (Lipinski definition) is 0. The van der Waals surface area contributed by atoms with Gasteiger partial charge in [0.25, 0.3) is 0 Å². The van der Waals surface area contributed by atoms with E-state index in [-0.39, 0.29) is 6.03 Å². The molecular formula is C30H25N5O. The molecule has 2 amide bonds. The van der Waals surface area contributed by atoms with E-state index in [9.17, 15) is 10.1 Å². The van der Waals surface area contributed by atoms with E-state index >= 15 is 0 Å². The van der Waals surface area contributed by atoms with Crippen LogP contribution in [0, 0.1) is 11.3 Å². The monoisotopic (exact) mass is 471 g/mol. The van der Waals surface area contributed by atoms with Crippen LogP contribution in [-0.2, 0) is 5.41 Å². The van der Waals surface area contributed by atoms with Crippen LogP contribution in [-0.4, -0.2) is 34.7 Å². The van der Waals surface area contributed by atoms with Gasteiger partial charge in [0.05, 0.1) is 28.4 Å². The van der Waals surface area contributed by atoms with Gasteiger partial charge in [0, 0.05) is 42.5 Å². The fraction of sp³-hybridized carbons (Fsp3) is 0.200. The van der Waals surface area contributed by atoms with E-state index in [1.807, 2.05) is 80.5 Å². The van der Waals surface area contributed by atoms with Crippen LogP contribution in [0.25, 0.3) is 16.5 Å². The standard InChI is InChI=1S/C30H25N5O/c1-29(2,19-31)23-8-10-24(11-9-23)35-28(36)34(3)27-13-15-32-26-17-20(12-14-30(26,27)35)22-16-21-6-4-5-7-25(21)33-18-22/h4-13,15-18H,14H2,1-3H3. The summed E-state index contributed by atoms with van der Waals surface area (Å²) < 4.78 is 0. The number of aliphatic imine (C=N–C) groups is 1. The number of hydrogen-bond acceptors (Lipinski definition) is 4. The molecule has 1 unspecified atom stereocenters. The number of para-hydroxylation sites is 1. The molecule has 0 bridgehead atoms. The Bertz CT molecular complexity index is 1590. The van der Waals surface area contributed by atoms with Crippen molar-refractivity contribution in [2.45, 2.75) is 31.2 Å². The second-order valence-corrected chi connectivity index (χ2v) is 9.96. The van der Waals surface area contributed by atoms with Crippen molar-refractivity contribution in [1.29, 1.82) is 5.26 Å². The number of dihydropyridines is 1. The van der Waals surface area contributed by atoms with Gasteiger partial charge in [-0.2, -0.15) is 5.26 Å². The van der Waals surface area contributed by atoms with Crippen molar-refractivity contribution in [3.05, 3.63) is 102 Å². The van der Waals surface area contributed by atoms with Crippen LogP contribution in [0.4, 0.5) is 10.5 Å². The highest BCUT2D eigenvalue weighted by Gasteiger charge is 2.57. The first-order chi connectivity index (χ1) is 17.3. The first-order valence-electron chi connectivity index (χ1n) is 12.0. The molecule has 3 heterocycles. The van der Waals surface area contributed by atoms with E-state index in [0.29, 0.717) is 6.42 Å². The third kappa shape index (κ3) is 3.06. The Morgan fingerprint density at radius 2 is 1.89 bits per heavy atom. The number of pyridine rings is 1. The van der Waals surface area contributed by atoms with Crippen LogP contribution >= 0.6 is 0 Å². The van der Waals surface area contributed by atoms with Crippen LogP contribution in [0.15, 0.2) is 95.4 Å². The molecule has 3 aromatic rings. The zero-order chi connectivity index (χ0) is 25.1. The maximum absolute atomic E-state index is 13.6. The van der Waals surface area contributed by atoms with E-state index in [0.717, 1.165) is 44.7 Å². The Morgan fingerprint density at radius 3 is 2.67 bits per heavy atom. The molecule has 1 atom stereocenters. The molecule has 6 nitrogen and oxygen atoms in total. The average Bonchev–Trinajstić information content (AvgIpc) is 3.13. The van der Waals surface area contributed by atoms with Gasteiger partial charge in [-0.15, -0.1) is 0 Å². The Balaban J connectivity index is 1.44. The zero-order valence-electron chi connectivity index (χ0n) is 20.4. The van der Waals surface area contributed by atoms with E-state index in [4.69, 9.17) is 4.99 Å². The highest BCUT2D eigenvalue weighted by Crippen LogP contribution is 2.50. The third-order valence-corrected chi connectivity index (χ3v) is 7.47. The summed E-state index contributed by atoms with van der Waals surface area (Å²) in [7, 11) is 1.81. The molecule has 2 aliphatic heterocycles. The minimum Gasteiger partial charge on any atom is -0.298 e. The molecule has 6 heteroatoms. The first-order valence-corrected chi connectivity index (χ1v) is 12.0. The lowest BCUT2D eigenvalue weighted by molar-refractivity contribution is 0.233. The van der Waals surface area contributed by atoms with Gasteiger partial charge in [-0.1, -0.05) is 36.4 Å². The summed E-state index contributed by atoms with van der Waals surface area (Å²) in [5, 5.41) is 10.6. The van der Waals surface area contributed by atoms with E-state index < -0.39 is 11.0 Å². The van der Waals surface area contributed by atoms with Gasteiger partial charge in [0.2, 0.25) is 0 Å². The fourth-order valence-corrected chi connectivity index (χ4v) is 5.37. The molecular weight excluding hydrogens is 446 g/mol. The molecule has 0 radical (unpaired) electrons. The second-order valence-electron chi connectivity index (χ2n) is 9.96. The number of likely N-dealkylation sites (N-methyl/N-ethyl adjacent to an activating group) is 1. The molecule has 1 fully saturated rings. The van der Waals surface area contributed by atoms with Crippen LogP contribution in [0.3, 0.4) is 0 Å². The van der Waals surface area contributed by atoms with Crippen molar-refractivity contribution in [3.63, 3.8) is 0 Å². The van der Waals surface area contributed by atoms with Gasteiger partial charge in [0.1, 0.15) is 5.54 Å². The lowest BCUT2D eigenvalue weighted by Crippen LogP contribution is -2.49. The highest BCUT2D eigenvalue weighted by molar-refractivity contribution is 6.03. The smallest absolute Gasteiger partial charge is 0.298 e. The number of nitriles is 1. The summed E-state index contributed by atoms with van der Waals surface area (Å²) in [6, 6.07) is 20.2. The van der Waals surface area contributed by atoms with Crippen molar-refractivity contribution in [2.24, 2.45) is 4.99 Å². The molecule has 1 spiro atoms. The maximum atomic E-state index is 13.6. The van der Waals surface area contributed by atoms with Crippen molar-refractivity contribution < 1.29 is 4.79 Å². The number of carbonyl (C=O) groups is 1. The number of fused-ring (bicyclic) bond motifs is 1. The van der Waals surface area contributed by atoms with E-state index in [1.165, 1.54) is 0 Å². The van der Waals surface area contributed by atoms with Crippen molar-refractivity contribution in [1.82, 2.24) is 9.88 Å². The number of allylic oxidation sites excluding steroid dienone is 3. The molecule has 2 aromatic carbocycles. The molecule has 0 N–H and O–H groups in total. The molecule has 36 heavy (non-hydrogen) atoms. The Hall–Kier alpha value is -4.50. The molecule has 1 aliphatic carbocycles. The highest BCUT2D eigenvalue weighted by atomic mass is 16.2. The molecule has 3 aliphatic rings.